The highest BCUT2D eigenvalue weighted by molar-refractivity contribution is 5.56. The molecule has 1 atom stereocenters. The van der Waals surface area contributed by atoms with Crippen molar-refractivity contribution in [1.82, 2.24) is 5.32 Å². The molecule has 1 aromatic carbocycles. The van der Waals surface area contributed by atoms with Crippen LogP contribution in [-0.4, -0.2) is 20.1 Å². The highest BCUT2D eigenvalue weighted by Gasteiger charge is 2.16. The Morgan fingerprint density at radius 2 is 2.12 bits per heavy atom. The smallest absolute Gasteiger partial charge is 0.0417 e. The highest BCUT2D eigenvalue weighted by atomic mass is 15.1. The minimum Gasteiger partial charge on any atom is -0.367 e. The molecule has 0 fully saturated rings. The summed E-state index contributed by atoms with van der Waals surface area (Å²) in [6.45, 7) is 4.40. The number of nitrogens with one attached hydrogen (secondary N) is 1. The predicted octanol–water partition coefficient (Wildman–Crippen LogP) is 3.12. The van der Waals surface area contributed by atoms with Crippen LogP contribution in [0.4, 0.5) is 5.69 Å². The quantitative estimate of drug-likeness (QED) is 0.799. The Kier molecular flexibility index (Phi) is 4.21. The second kappa shape index (κ2) is 5.87. The lowest BCUT2D eigenvalue weighted by Gasteiger charge is -2.30. The zero-order chi connectivity index (χ0) is 12.1. The molecule has 1 unspecified atom stereocenters. The second-order valence-corrected chi connectivity index (χ2v) is 4.51. The third kappa shape index (κ3) is 2.70. The Morgan fingerprint density at radius 1 is 1.29 bits per heavy atom. The molecular formula is C15H22N2. The molecule has 0 amide bonds. The molecule has 0 aromatic heterocycles. The molecule has 2 nitrogen and oxygen atoms in total. The van der Waals surface area contributed by atoms with E-state index in [0.717, 1.165) is 25.9 Å². The first kappa shape index (κ1) is 12.2. The third-order valence-corrected chi connectivity index (χ3v) is 3.47. The van der Waals surface area contributed by atoms with Crippen LogP contribution in [0.2, 0.25) is 0 Å². The maximum Gasteiger partial charge on any atom is 0.0417 e. The van der Waals surface area contributed by atoms with E-state index in [1.54, 1.807) is 0 Å². The van der Waals surface area contributed by atoms with Crippen LogP contribution in [0.1, 0.15) is 31.4 Å². The average Bonchev–Trinajstić information content (AvgIpc) is 2.42. The van der Waals surface area contributed by atoms with Gasteiger partial charge in [-0.1, -0.05) is 37.3 Å². The van der Waals surface area contributed by atoms with Gasteiger partial charge in [-0.05, 0) is 31.5 Å². The van der Waals surface area contributed by atoms with Gasteiger partial charge in [0.1, 0.15) is 0 Å². The molecule has 0 saturated heterocycles. The molecule has 17 heavy (non-hydrogen) atoms. The van der Waals surface area contributed by atoms with Crippen molar-refractivity contribution in [2.75, 3.05) is 25.0 Å². The van der Waals surface area contributed by atoms with Crippen LogP contribution >= 0.6 is 0 Å². The van der Waals surface area contributed by atoms with Crippen LogP contribution in [0.15, 0.2) is 36.4 Å². The molecule has 0 bridgehead atoms. The zero-order valence-electron chi connectivity index (χ0n) is 10.8. The first-order valence-electron chi connectivity index (χ1n) is 6.53. The largest absolute Gasteiger partial charge is 0.367 e. The lowest BCUT2D eigenvalue weighted by Crippen LogP contribution is -2.29. The maximum absolute atomic E-state index is 3.40. The van der Waals surface area contributed by atoms with Gasteiger partial charge in [0.15, 0.2) is 0 Å². The molecule has 92 valence electrons. The highest BCUT2D eigenvalue weighted by Crippen LogP contribution is 2.28. The number of anilines is 1. The van der Waals surface area contributed by atoms with Gasteiger partial charge in [-0.25, -0.2) is 0 Å². The molecule has 0 radical (unpaired) electrons. The Labute approximate surface area is 104 Å². The van der Waals surface area contributed by atoms with E-state index in [-0.39, 0.29) is 0 Å². The van der Waals surface area contributed by atoms with Crippen LogP contribution in [0.25, 0.3) is 0 Å². The lowest BCUT2D eigenvalue weighted by atomic mass is 10.0. The number of hydrogen-bond donors (Lipinski definition) is 1. The number of nitrogens with zero attached hydrogens (tertiary/aromatic N) is 1. The SMILES string of the molecule is CCC(NC)c1ccccc1N1CC=CCC1. The van der Waals surface area contributed by atoms with Gasteiger partial charge in [-0.3, -0.25) is 0 Å². The molecule has 0 aliphatic carbocycles. The molecule has 1 heterocycles. The summed E-state index contributed by atoms with van der Waals surface area (Å²) in [5, 5.41) is 3.40. The van der Waals surface area contributed by atoms with Crippen molar-refractivity contribution in [3.8, 4) is 0 Å². The predicted molar refractivity (Wildman–Crippen MR) is 74.5 cm³/mol. The van der Waals surface area contributed by atoms with Gasteiger partial charge >= 0.3 is 0 Å². The summed E-state index contributed by atoms with van der Waals surface area (Å²) in [7, 11) is 2.04. The lowest BCUT2D eigenvalue weighted by molar-refractivity contribution is 0.575. The molecule has 2 heteroatoms. The van der Waals surface area contributed by atoms with Crippen LogP contribution in [0.5, 0.6) is 0 Å². The summed E-state index contributed by atoms with van der Waals surface area (Å²) in [6, 6.07) is 9.22. The van der Waals surface area contributed by atoms with E-state index in [1.165, 1.54) is 11.3 Å². The number of benzene rings is 1. The van der Waals surface area contributed by atoms with E-state index in [9.17, 15) is 0 Å². The monoisotopic (exact) mass is 230 g/mol. The minimum atomic E-state index is 0.456. The van der Waals surface area contributed by atoms with Gasteiger partial charge < -0.3 is 10.2 Å². The van der Waals surface area contributed by atoms with E-state index in [0.29, 0.717) is 6.04 Å². The fourth-order valence-corrected chi connectivity index (χ4v) is 2.51. The normalized spacial score (nSPS) is 17.2. The Hall–Kier alpha value is -1.28. The summed E-state index contributed by atoms with van der Waals surface area (Å²) < 4.78 is 0. The summed E-state index contributed by atoms with van der Waals surface area (Å²) in [4.78, 5) is 2.47. The number of rotatable bonds is 4. The van der Waals surface area contributed by atoms with E-state index in [4.69, 9.17) is 0 Å². The standard InChI is InChI=1S/C15H22N2/c1-3-14(16-2)13-9-5-6-10-15(13)17-11-7-4-8-12-17/h4-7,9-10,14,16H,3,8,11-12H2,1-2H3. The number of hydrogen-bond acceptors (Lipinski definition) is 2. The molecule has 0 saturated carbocycles. The molecule has 0 spiro atoms. The number of para-hydroxylation sites is 1. The molecule has 1 aliphatic heterocycles. The molecular weight excluding hydrogens is 208 g/mol. The molecule has 2 rings (SSSR count). The van der Waals surface area contributed by atoms with E-state index in [2.05, 4.69) is 53.6 Å². The minimum absolute atomic E-state index is 0.456. The van der Waals surface area contributed by atoms with Crippen molar-refractivity contribution in [1.29, 1.82) is 0 Å². The third-order valence-electron chi connectivity index (χ3n) is 3.47. The first-order valence-corrected chi connectivity index (χ1v) is 6.53. The molecule has 1 aliphatic rings. The summed E-state index contributed by atoms with van der Waals surface area (Å²) in [5.41, 5.74) is 2.81. The average molecular weight is 230 g/mol. The second-order valence-electron chi connectivity index (χ2n) is 4.51. The van der Waals surface area contributed by atoms with Crippen LogP contribution in [0, 0.1) is 0 Å². The Morgan fingerprint density at radius 3 is 2.76 bits per heavy atom. The van der Waals surface area contributed by atoms with Crippen LogP contribution < -0.4 is 10.2 Å². The van der Waals surface area contributed by atoms with Crippen LogP contribution in [0.3, 0.4) is 0 Å². The molecule has 1 N–H and O–H groups in total. The Bertz CT molecular complexity index is 380. The van der Waals surface area contributed by atoms with Crippen molar-refractivity contribution in [3.63, 3.8) is 0 Å². The summed E-state index contributed by atoms with van der Waals surface area (Å²) >= 11 is 0. The van der Waals surface area contributed by atoms with Gasteiger partial charge in [-0.2, -0.15) is 0 Å². The van der Waals surface area contributed by atoms with Gasteiger partial charge in [0, 0.05) is 24.8 Å². The van der Waals surface area contributed by atoms with Crippen LogP contribution in [-0.2, 0) is 0 Å². The van der Waals surface area contributed by atoms with Crippen molar-refractivity contribution in [2.24, 2.45) is 0 Å². The van der Waals surface area contributed by atoms with Gasteiger partial charge in [0.25, 0.3) is 0 Å². The maximum atomic E-state index is 3.40. The topological polar surface area (TPSA) is 15.3 Å². The van der Waals surface area contributed by atoms with Crippen molar-refractivity contribution in [2.45, 2.75) is 25.8 Å². The zero-order valence-corrected chi connectivity index (χ0v) is 10.8. The van der Waals surface area contributed by atoms with E-state index in [1.807, 2.05) is 7.05 Å². The first-order chi connectivity index (χ1) is 8.36. The van der Waals surface area contributed by atoms with Gasteiger partial charge in [-0.15, -0.1) is 0 Å². The van der Waals surface area contributed by atoms with Gasteiger partial charge in [0.2, 0.25) is 0 Å². The Balaban J connectivity index is 2.29. The summed E-state index contributed by atoms with van der Waals surface area (Å²) in [6.07, 6.45) is 6.82. The fourth-order valence-electron chi connectivity index (χ4n) is 2.51. The van der Waals surface area contributed by atoms with E-state index < -0.39 is 0 Å². The summed E-state index contributed by atoms with van der Waals surface area (Å²) in [5.74, 6) is 0. The molecule has 1 aromatic rings. The van der Waals surface area contributed by atoms with E-state index >= 15 is 0 Å². The van der Waals surface area contributed by atoms with Crippen molar-refractivity contribution in [3.05, 3.63) is 42.0 Å². The van der Waals surface area contributed by atoms with Crippen molar-refractivity contribution < 1.29 is 0 Å². The van der Waals surface area contributed by atoms with Gasteiger partial charge in [0.05, 0.1) is 0 Å². The van der Waals surface area contributed by atoms with Crippen molar-refractivity contribution >= 4 is 5.69 Å². The fraction of sp³-hybridized carbons (Fsp3) is 0.467.